The maximum Gasteiger partial charge on any atom is 0.0411 e. The maximum absolute atomic E-state index is 6.09. The Labute approximate surface area is 80.0 Å². The zero-order chi connectivity index (χ0) is 9.31. The topological polar surface area (TPSA) is 26.0 Å². The lowest BCUT2D eigenvalue weighted by atomic mass is 10.0. The average Bonchev–Trinajstić information content (AvgIpc) is 2.87. The molecule has 0 spiro atoms. The van der Waals surface area contributed by atoms with Crippen LogP contribution in [0.15, 0.2) is 24.3 Å². The lowest BCUT2D eigenvalue weighted by molar-refractivity contribution is 0.739. The van der Waals surface area contributed by atoms with Gasteiger partial charge in [-0.15, -0.1) is 0 Å². The van der Waals surface area contributed by atoms with E-state index in [9.17, 15) is 0 Å². The first kappa shape index (κ1) is 8.76. The molecule has 1 heteroatoms. The Balaban J connectivity index is 2.14. The zero-order valence-electron chi connectivity index (χ0n) is 8.22. The number of nitrogens with two attached hydrogens (primary N) is 1. The SMILES string of the molecule is CCCc1ccc(C2(N)CC2)cc1. The zero-order valence-corrected chi connectivity index (χ0v) is 8.22. The molecule has 1 aliphatic carbocycles. The Bertz CT molecular complexity index is 282. The molecular weight excluding hydrogens is 158 g/mol. The Morgan fingerprint density at radius 2 is 1.85 bits per heavy atom. The van der Waals surface area contributed by atoms with Gasteiger partial charge >= 0.3 is 0 Å². The van der Waals surface area contributed by atoms with Crippen molar-refractivity contribution in [3.05, 3.63) is 35.4 Å². The van der Waals surface area contributed by atoms with Crippen LogP contribution in [0.1, 0.15) is 37.3 Å². The van der Waals surface area contributed by atoms with Crippen molar-refractivity contribution in [3.8, 4) is 0 Å². The van der Waals surface area contributed by atoms with Crippen LogP contribution < -0.4 is 5.73 Å². The van der Waals surface area contributed by atoms with Crippen LogP contribution in [-0.4, -0.2) is 0 Å². The molecule has 2 N–H and O–H groups in total. The van der Waals surface area contributed by atoms with Gasteiger partial charge in [0.15, 0.2) is 0 Å². The van der Waals surface area contributed by atoms with Gasteiger partial charge < -0.3 is 5.73 Å². The highest BCUT2D eigenvalue weighted by molar-refractivity contribution is 5.32. The van der Waals surface area contributed by atoms with Gasteiger partial charge in [-0.2, -0.15) is 0 Å². The fraction of sp³-hybridized carbons (Fsp3) is 0.500. The molecule has 0 radical (unpaired) electrons. The van der Waals surface area contributed by atoms with E-state index in [1.165, 1.54) is 24.0 Å². The second-order valence-corrected chi connectivity index (χ2v) is 4.10. The quantitative estimate of drug-likeness (QED) is 0.750. The van der Waals surface area contributed by atoms with E-state index in [1.54, 1.807) is 0 Å². The minimum atomic E-state index is 0.0325. The van der Waals surface area contributed by atoms with Crippen LogP contribution in [0.3, 0.4) is 0 Å². The number of rotatable bonds is 3. The Kier molecular flexibility index (Phi) is 2.12. The van der Waals surface area contributed by atoms with E-state index in [-0.39, 0.29) is 5.54 Å². The van der Waals surface area contributed by atoms with Gasteiger partial charge in [0.1, 0.15) is 0 Å². The van der Waals surface area contributed by atoms with Crippen LogP contribution in [0.25, 0.3) is 0 Å². The van der Waals surface area contributed by atoms with E-state index in [4.69, 9.17) is 5.73 Å². The van der Waals surface area contributed by atoms with Crippen molar-refractivity contribution >= 4 is 0 Å². The summed E-state index contributed by atoms with van der Waals surface area (Å²) in [7, 11) is 0. The Morgan fingerprint density at radius 1 is 1.23 bits per heavy atom. The highest BCUT2D eigenvalue weighted by Gasteiger charge is 2.39. The van der Waals surface area contributed by atoms with E-state index in [0.29, 0.717) is 0 Å². The van der Waals surface area contributed by atoms with Crippen molar-refractivity contribution < 1.29 is 0 Å². The fourth-order valence-electron chi connectivity index (χ4n) is 1.72. The van der Waals surface area contributed by atoms with Gasteiger partial charge in [0.2, 0.25) is 0 Å². The summed E-state index contributed by atoms with van der Waals surface area (Å²) in [5, 5.41) is 0. The molecule has 0 unspecified atom stereocenters. The van der Waals surface area contributed by atoms with Crippen molar-refractivity contribution in [2.75, 3.05) is 0 Å². The number of hydrogen-bond acceptors (Lipinski definition) is 1. The van der Waals surface area contributed by atoms with Gasteiger partial charge in [-0.05, 0) is 30.4 Å². The molecule has 1 aromatic rings. The summed E-state index contributed by atoms with van der Waals surface area (Å²) < 4.78 is 0. The highest BCUT2D eigenvalue weighted by atomic mass is 14.8. The first-order valence-electron chi connectivity index (χ1n) is 5.13. The second-order valence-electron chi connectivity index (χ2n) is 4.10. The van der Waals surface area contributed by atoms with Gasteiger partial charge in [-0.3, -0.25) is 0 Å². The minimum absolute atomic E-state index is 0.0325. The van der Waals surface area contributed by atoms with Crippen LogP contribution in [0.4, 0.5) is 0 Å². The van der Waals surface area contributed by atoms with E-state index < -0.39 is 0 Å². The van der Waals surface area contributed by atoms with Crippen molar-refractivity contribution in [2.24, 2.45) is 5.73 Å². The number of benzene rings is 1. The van der Waals surface area contributed by atoms with Gasteiger partial charge in [0, 0.05) is 5.54 Å². The third-order valence-electron chi connectivity index (χ3n) is 2.86. The molecule has 0 bridgehead atoms. The fourth-order valence-corrected chi connectivity index (χ4v) is 1.72. The summed E-state index contributed by atoms with van der Waals surface area (Å²) in [6, 6.07) is 8.81. The first-order valence-corrected chi connectivity index (χ1v) is 5.13. The van der Waals surface area contributed by atoms with Crippen LogP contribution in [0, 0.1) is 0 Å². The summed E-state index contributed by atoms with van der Waals surface area (Å²) in [6.07, 6.45) is 4.70. The molecule has 1 nitrogen and oxygen atoms in total. The van der Waals surface area contributed by atoms with E-state index in [0.717, 1.165) is 12.8 Å². The molecule has 0 amide bonds. The molecular formula is C12H17N. The maximum atomic E-state index is 6.09. The van der Waals surface area contributed by atoms with Crippen LogP contribution in [0.2, 0.25) is 0 Å². The molecule has 0 aliphatic heterocycles. The second kappa shape index (κ2) is 3.15. The van der Waals surface area contributed by atoms with E-state index in [2.05, 4.69) is 31.2 Å². The summed E-state index contributed by atoms with van der Waals surface area (Å²) in [5.74, 6) is 0. The predicted molar refractivity (Wildman–Crippen MR) is 55.5 cm³/mol. The van der Waals surface area contributed by atoms with Gasteiger partial charge in [0.05, 0.1) is 0 Å². The predicted octanol–water partition coefficient (Wildman–Crippen LogP) is 2.59. The molecule has 70 valence electrons. The lowest BCUT2D eigenvalue weighted by Crippen LogP contribution is -2.18. The van der Waals surface area contributed by atoms with Gasteiger partial charge in [-0.25, -0.2) is 0 Å². The molecule has 1 aromatic carbocycles. The largest absolute Gasteiger partial charge is 0.321 e. The summed E-state index contributed by atoms with van der Waals surface area (Å²) in [4.78, 5) is 0. The van der Waals surface area contributed by atoms with Crippen molar-refractivity contribution in [3.63, 3.8) is 0 Å². The first-order chi connectivity index (χ1) is 6.24. The molecule has 0 saturated heterocycles. The Morgan fingerprint density at radius 3 is 2.31 bits per heavy atom. The lowest BCUT2D eigenvalue weighted by Gasteiger charge is -2.09. The van der Waals surface area contributed by atoms with Crippen LogP contribution in [0.5, 0.6) is 0 Å². The molecule has 0 atom stereocenters. The van der Waals surface area contributed by atoms with E-state index in [1.807, 2.05) is 0 Å². The van der Waals surface area contributed by atoms with Crippen LogP contribution >= 0.6 is 0 Å². The number of hydrogen-bond donors (Lipinski definition) is 1. The van der Waals surface area contributed by atoms with Gasteiger partial charge in [0.25, 0.3) is 0 Å². The Hall–Kier alpha value is -0.820. The standard InChI is InChI=1S/C12H17N/c1-2-3-10-4-6-11(7-5-10)12(13)8-9-12/h4-7H,2-3,8-9,13H2,1H3. The molecule has 0 heterocycles. The molecule has 13 heavy (non-hydrogen) atoms. The minimum Gasteiger partial charge on any atom is -0.321 e. The summed E-state index contributed by atoms with van der Waals surface area (Å²) >= 11 is 0. The van der Waals surface area contributed by atoms with Crippen molar-refractivity contribution in [1.82, 2.24) is 0 Å². The van der Waals surface area contributed by atoms with Crippen molar-refractivity contribution in [2.45, 2.75) is 38.1 Å². The average molecular weight is 175 g/mol. The van der Waals surface area contributed by atoms with Crippen molar-refractivity contribution in [1.29, 1.82) is 0 Å². The molecule has 2 rings (SSSR count). The third kappa shape index (κ3) is 1.75. The van der Waals surface area contributed by atoms with Crippen LogP contribution in [-0.2, 0) is 12.0 Å². The molecule has 1 aliphatic rings. The summed E-state index contributed by atoms with van der Waals surface area (Å²) in [5.41, 5.74) is 8.86. The normalized spacial score (nSPS) is 18.6. The highest BCUT2D eigenvalue weighted by Crippen LogP contribution is 2.42. The monoisotopic (exact) mass is 175 g/mol. The smallest absolute Gasteiger partial charge is 0.0411 e. The number of aryl methyl sites for hydroxylation is 1. The summed E-state index contributed by atoms with van der Waals surface area (Å²) in [6.45, 7) is 2.21. The molecule has 1 saturated carbocycles. The molecule has 1 fully saturated rings. The van der Waals surface area contributed by atoms with E-state index >= 15 is 0 Å². The van der Waals surface area contributed by atoms with Gasteiger partial charge in [-0.1, -0.05) is 37.6 Å². The third-order valence-corrected chi connectivity index (χ3v) is 2.86. The molecule has 0 aromatic heterocycles.